The lowest BCUT2D eigenvalue weighted by atomic mass is 9.95. The monoisotopic (exact) mass is 409 g/mol. The molecule has 29 heavy (non-hydrogen) atoms. The van der Waals surface area contributed by atoms with Crippen molar-refractivity contribution in [2.45, 2.75) is 117 Å². The van der Waals surface area contributed by atoms with E-state index in [1.54, 1.807) is 0 Å². The first-order chi connectivity index (χ1) is 13.8. The highest BCUT2D eigenvalue weighted by atomic mass is 16.8. The number of nitrogens with zero attached hydrogens (tertiary/aromatic N) is 3. The third kappa shape index (κ3) is 7.96. The zero-order chi connectivity index (χ0) is 21.3. The number of oxime groups is 2. The van der Waals surface area contributed by atoms with E-state index in [2.05, 4.69) is 10.3 Å². The summed E-state index contributed by atoms with van der Waals surface area (Å²) in [4.78, 5) is 30.7. The summed E-state index contributed by atoms with van der Waals surface area (Å²) in [6.45, 7) is 9.43. The molecule has 0 heterocycles. The average Bonchev–Trinajstić information content (AvgIpc) is 2.72. The molecule has 0 saturated heterocycles. The maximum Gasteiger partial charge on any atom is 0.386 e. The van der Waals surface area contributed by atoms with E-state index in [0.29, 0.717) is 0 Å². The lowest BCUT2D eigenvalue weighted by Crippen LogP contribution is -2.46. The number of hydrogen-bond donors (Lipinski definition) is 0. The molecule has 0 aromatic heterocycles. The summed E-state index contributed by atoms with van der Waals surface area (Å²) in [6.07, 6.45) is 11.4. The fraction of sp³-hybridized carbons (Fsp3) is 0.864. The summed E-state index contributed by atoms with van der Waals surface area (Å²) in [6, 6.07) is -0.0335. The number of amides is 1. The molecule has 2 rings (SSSR count). The Morgan fingerprint density at radius 1 is 0.931 bits per heavy atom. The Labute approximate surface area is 175 Å². The standard InChI is InChI=1S/C22H39N3O4/c1-6-17(2)23-28-21(24-27-18-13-9-7-10-14-18)25(20(26)22(3,4)5)29-19-15-11-8-12-16-19/h18-19H,6-16H2,1-5H3. The third-order valence-corrected chi connectivity index (χ3v) is 5.43. The zero-order valence-corrected chi connectivity index (χ0v) is 18.9. The van der Waals surface area contributed by atoms with E-state index >= 15 is 0 Å². The molecule has 0 atom stereocenters. The second kappa shape index (κ2) is 11.5. The van der Waals surface area contributed by atoms with Gasteiger partial charge in [-0.3, -0.25) is 9.63 Å². The van der Waals surface area contributed by atoms with E-state index in [9.17, 15) is 4.79 Å². The van der Waals surface area contributed by atoms with E-state index in [4.69, 9.17) is 14.5 Å². The molecule has 7 nitrogen and oxygen atoms in total. The number of hydroxylamine groups is 2. The summed E-state index contributed by atoms with van der Waals surface area (Å²) in [5.41, 5.74) is 0.142. The van der Waals surface area contributed by atoms with Crippen molar-refractivity contribution in [3.63, 3.8) is 0 Å². The molecule has 2 fully saturated rings. The topological polar surface area (TPSA) is 72.7 Å². The quantitative estimate of drug-likeness (QED) is 0.328. The molecule has 0 radical (unpaired) electrons. The lowest BCUT2D eigenvalue weighted by Gasteiger charge is -2.32. The fourth-order valence-corrected chi connectivity index (χ4v) is 3.37. The molecule has 0 aromatic carbocycles. The molecular formula is C22H39N3O4. The van der Waals surface area contributed by atoms with Crippen LogP contribution in [0.25, 0.3) is 0 Å². The van der Waals surface area contributed by atoms with Gasteiger partial charge in [0.15, 0.2) is 0 Å². The minimum absolute atomic E-state index is 0.0326. The second-order valence-electron chi connectivity index (χ2n) is 9.23. The van der Waals surface area contributed by atoms with Crippen molar-refractivity contribution in [2.75, 3.05) is 0 Å². The molecule has 0 unspecified atom stereocenters. The molecule has 0 aliphatic heterocycles. The van der Waals surface area contributed by atoms with Crippen LogP contribution in [0.1, 0.15) is 105 Å². The molecule has 2 aliphatic rings. The maximum atomic E-state index is 13.2. The van der Waals surface area contributed by atoms with Crippen LogP contribution in [0.5, 0.6) is 0 Å². The molecule has 0 spiro atoms. The van der Waals surface area contributed by atoms with Gasteiger partial charge in [0.05, 0.1) is 11.8 Å². The van der Waals surface area contributed by atoms with Gasteiger partial charge in [-0.05, 0) is 57.0 Å². The summed E-state index contributed by atoms with van der Waals surface area (Å²) >= 11 is 0. The maximum absolute atomic E-state index is 13.2. The number of hydrogen-bond acceptors (Lipinski definition) is 6. The molecule has 2 aliphatic carbocycles. The van der Waals surface area contributed by atoms with Gasteiger partial charge in [0, 0.05) is 5.41 Å². The molecule has 0 bridgehead atoms. The summed E-state index contributed by atoms with van der Waals surface area (Å²) in [5.74, 6) is -0.224. The summed E-state index contributed by atoms with van der Waals surface area (Å²) in [7, 11) is 0. The van der Waals surface area contributed by atoms with Gasteiger partial charge in [-0.25, -0.2) is 0 Å². The van der Waals surface area contributed by atoms with Crippen LogP contribution in [-0.4, -0.2) is 34.9 Å². The van der Waals surface area contributed by atoms with Gasteiger partial charge in [-0.15, -0.1) is 5.06 Å². The Hall–Kier alpha value is -1.63. The Balaban J connectivity index is 2.24. The Kier molecular flexibility index (Phi) is 9.40. The lowest BCUT2D eigenvalue weighted by molar-refractivity contribution is -0.197. The zero-order valence-electron chi connectivity index (χ0n) is 18.9. The number of carbonyl (C=O) groups excluding carboxylic acids is 1. The first-order valence-corrected chi connectivity index (χ1v) is 11.3. The van der Waals surface area contributed by atoms with Gasteiger partial charge in [0.25, 0.3) is 5.91 Å². The first-order valence-electron chi connectivity index (χ1n) is 11.3. The van der Waals surface area contributed by atoms with Gasteiger partial charge in [-0.2, -0.15) is 0 Å². The van der Waals surface area contributed by atoms with Crippen LogP contribution in [0, 0.1) is 5.41 Å². The normalized spacial score (nSPS) is 20.4. The number of amidine groups is 1. The van der Waals surface area contributed by atoms with Crippen LogP contribution in [0.3, 0.4) is 0 Å². The van der Waals surface area contributed by atoms with E-state index in [-0.39, 0.29) is 24.1 Å². The Morgan fingerprint density at radius 2 is 1.48 bits per heavy atom. The van der Waals surface area contributed by atoms with Gasteiger partial charge >= 0.3 is 6.02 Å². The van der Waals surface area contributed by atoms with Gasteiger partial charge in [0.2, 0.25) is 0 Å². The third-order valence-electron chi connectivity index (χ3n) is 5.43. The Bertz CT molecular complexity index is 571. The summed E-state index contributed by atoms with van der Waals surface area (Å²) in [5, 5.41) is 9.52. The van der Waals surface area contributed by atoms with Gasteiger partial charge < -0.3 is 9.68 Å². The van der Waals surface area contributed by atoms with Crippen LogP contribution < -0.4 is 0 Å². The molecule has 0 aromatic rings. The SMILES string of the molecule is CCC(C)=NOC(=NOC1CCCCC1)N(OC1CCCCC1)C(=O)C(C)(C)C. The first kappa shape index (κ1) is 23.6. The van der Waals surface area contributed by atoms with E-state index in [1.807, 2.05) is 34.6 Å². The largest absolute Gasteiger partial charge is 0.388 e. The minimum Gasteiger partial charge on any atom is -0.388 e. The highest BCUT2D eigenvalue weighted by Crippen LogP contribution is 2.26. The predicted octanol–water partition coefficient (Wildman–Crippen LogP) is 5.55. The van der Waals surface area contributed by atoms with Crippen molar-refractivity contribution in [3.8, 4) is 0 Å². The van der Waals surface area contributed by atoms with Gasteiger partial charge in [0.1, 0.15) is 6.10 Å². The Morgan fingerprint density at radius 3 is 2.00 bits per heavy atom. The van der Waals surface area contributed by atoms with Crippen LogP contribution in [-0.2, 0) is 19.3 Å². The van der Waals surface area contributed by atoms with Crippen LogP contribution in [0.2, 0.25) is 0 Å². The highest BCUT2D eigenvalue weighted by molar-refractivity contribution is 5.95. The van der Waals surface area contributed by atoms with Crippen molar-refractivity contribution < 1.29 is 19.3 Å². The van der Waals surface area contributed by atoms with E-state index in [1.165, 1.54) is 17.9 Å². The van der Waals surface area contributed by atoms with Crippen molar-refractivity contribution in [1.82, 2.24) is 5.06 Å². The predicted molar refractivity (Wildman–Crippen MR) is 114 cm³/mol. The minimum atomic E-state index is -0.660. The number of carbonyl (C=O) groups is 1. The number of rotatable bonds is 6. The fourth-order valence-electron chi connectivity index (χ4n) is 3.37. The molecule has 7 heteroatoms. The van der Waals surface area contributed by atoms with Crippen molar-refractivity contribution in [1.29, 1.82) is 0 Å². The second-order valence-corrected chi connectivity index (χ2v) is 9.23. The van der Waals surface area contributed by atoms with Gasteiger partial charge in [-0.1, -0.05) is 58.5 Å². The van der Waals surface area contributed by atoms with Crippen LogP contribution >= 0.6 is 0 Å². The van der Waals surface area contributed by atoms with Crippen LogP contribution in [0.4, 0.5) is 0 Å². The molecule has 166 valence electrons. The van der Waals surface area contributed by atoms with Crippen molar-refractivity contribution in [2.24, 2.45) is 15.7 Å². The molecule has 0 N–H and O–H groups in total. The average molecular weight is 410 g/mol. The van der Waals surface area contributed by atoms with Crippen molar-refractivity contribution >= 4 is 17.6 Å². The van der Waals surface area contributed by atoms with E-state index < -0.39 is 5.41 Å². The summed E-state index contributed by atoms with van der Waals surface area (Å²) < 4.78 is 0. The van der Waals surface area contributed by atoms with Crippen LogP contribution in [0.15, 0.2) is 10.3 Å². The van der Waals surface area contributed by atoms with Crippen molar-refractivity contribution in [3.05, 3.63) is 0 Å². The smallest absolute Gasteiger partial charge is 0.386 e. The molecule has 2 saturated carbocycles. The molecular weight excluding hydrogens is 370 g/mol. The highest BCUT2D eigenvalue weighted by Gasteiger charge is 2.36. The molecule has 1 amide bonds. The van der Waals surface area contributed by atoms with E-state index in [0.717, 1.165) is 63.5 Å².